The van der Waals surface area contributed by atoms with Crippen LogP contribution in [-0.2, 0) is 4.79 Å². The van der Waals surface area contributed by atoms with Gasteiger partial charge in [-0.05, 0) is 43.4 Å². The van der Waals surface area contributed by atoms with E-state index in [4.69, 9.17) is 5.73 Å². The summed E-state index contributed by atoms with van der Waals surface area (Å²) in [7, 11) is 0. The summed E-state index contributed by atoms with van der Waals surface area (Å²) >= 11 is 0. The Labute approximate surface area is 125 Å². The third-order valence-electron chi connectivity index (χ3n) is 4.23. The molecule has 3 nitrogen and oxygen atoms in total. The molecule has 1 aliphatic rings. The van der Waals surface area contributed by atoms with Gasteiger partial charge in [0.05, 0.1) is 0 Å². The summed E-state index contributed by atoms with van der Waals surface area (Å²) in [4.78, 5) is 12.0. The molecule has 0 bridgehead atoms. The van der Waals surface area contributed by atoms with Crippen LogP contribution in [0.4, 0.5) is 0 Å². The van der Waals surface area contributed by atoms with E-state index >= 15 is 0 Å². The van der Waals surface area contributed by atoms with Crippen LogP contribution in [0.2, 0.25) is 0 Å². The number of carbonyl (C=O) groups excluding carboxylic acids is 1. The Morgan fingerprint density at radius 2 is 1.85 bits per heavy atom. The van der Waals surface area contributed by atoms with Crippen LogP contribution in [0, 0.1) is 11.3 Å². The first kappa shape index (κ1) is 17.5. The Bertz CT molecular complexity index is 288. The fourth-order valence-electron chi connectivity index (χ4n) is 3.39. The lowest BCUT2D eigenvalue weighted by atomic mass is 9.83. The monoisotopic (exact) mass is 282 g/mol. The first-order valence-electron chi connectivity index (χ1n) is 8.35. The van der Waals surface area contributed by atoms with Crippen molar-refractivity contribution in [3.05, 3.63) is 0 Å². The molecular formula is C17H34N2O. The van der Waals surface area contributed by atoms with Crippen molar-refractivity contribution in [2.24, 2.45) is 17.1 Å². The van der Waals surface area contributed by atoms with E-state index in [0.29, 0.717) is 12.5 Å². The molecule has 0 aromatic heterocycles. The molecule has 1 unspecified atom stereocenters. The minimum Gasteiger partial charge on any atom is -0.353 e. The SMILES string of the molecule is CCCC1CCC(NC(=O)CC(N)CC(C)(C)C)CC1. The van der Waals surface area contributed by atoms with Crippen LogP contribution in [0.15, 0.2) is 0 Å². The van der Waals surface area contributed by atoms with Gasteiger partial charge in [0.1, 0.15) is 0 Å². The lowest BCUT2D eigenvalue weighted by Crippen LogP contribution is -2.41. The highest BCUT2D eigenvalue weighted by atomic mass is 16.1. The molecule has 1 fully saturated rings. The lowest BCUT2D eigenvalue weighted by Gasteiger charge is -2.29. The molecule has 1 rings (SSSR count). The Balaban J connectivity index is 2.23. The van der Waals surface area contributed by atoms with Gasteiger partial charge in [0.25, 0.3) is 0 Å². The zero-order valence-corrected chi connectivity index (χ0v) is 13.9. The number of amides is 1. The maximum absolute atomic E-state index is 12.0. The smallest absolute Gasteiger partial charge is 0.221 e. The van der Waals surface area contributed by atoms with E-state index in [1.54, 1.807) is 0 Å². The van der Waals surface area contributed by atoms with Crippen molar-refractivity contribution in [3.8, 4) is 0 Å². The summed E-state index contributed by atoms with van der Waals surface area (Å²) in [6, 6.07) is 0.365. The van der Waals surface area contributed by atoms with E-state index in [1.165, 1.54) is 25.7 Å². The first-order valence-corrected chi connectivity index (χ1v) is 8.35. The van der Waals surface area contributed by atoms with Crippen molar-refractivity contribution in [1.29, 1.82) is 0 Å². The molecule has 0 radical (unpaired) electrons. The number of carbonyl (C=O) groups is 1. The van der Waals surface area contributed by atoms with E-state index in [-0.39, 0.29) is 17.4 Å². The maximum Gasteiger partial charge on any atom is 0.221 e. The summed E-state index contributed by atoms with van der Waals surface area (Å²) in [6.07, 6.45) is 8.81. The van der Waals surface area contributed by atoms with Crippen molar-refractivity contribution < 1.29 is 4.79 Å². The molecule has 118 valence electrons. The molecule has 3 heteroatoms. The van der Waals surface area contributed by atoms with Gasteiger partial charge >= 0.3 is 0 Å². The van der Waals surface area contributed by atoms with Gasteiger partial charge in [-0.25, -0.2) is 0 Å². The van der Waals surface area contributed by atoms with Gasteiger partial charge in [-0.3, -0.25) is 4.79 Å². The largest absolute Gasteiger partial charge is 0.353 e. The van der Waals surface area contributed by atoms with Gasteiger partial charge in [-0.1, -0.05) is 40.5 Å². The Kier molecular flexibility index (Phi) is 7.01. The number of nitrogens with two attached hydrogens (primary N) is 1. The quantitative estimate of drug-likeness (QED) is 0.782. The van der Waals surface area contributed by atoms with Crippen molar-refractivity contribution in [3.63, 3.8) is 0 Å². The minimum atomic E-state index is -0.0218. The van der Waals surface area contributed by atoms with Crippen LogP contribution in [0.25, 0.3) is 0 Å². The first-order chi connectivity index (χ1) is 9.30. The fraction of sp³-hybridized carbons (Fsp3) is 0.941. The molecule has 1 saturated carbocycles. The number of rotatable bonds is 6. The molecule has 20 heavy (non-hydrogen) atoms. The second-order valence-corrected chi connectivity index (χ2v) is 7.80. The predicted molar refractivity (Wildman–Crippen MR) is 85.5 cm³/mol. The van der Waals surface area contributed by atoms with E-state index in [9.17, 15) is 4.79 Å². The number of hydrogen-bond donors (Lipinski definition) is 2. The molecule has 3 N–H and O–H groups in total. The van der Waals surface area contributed by atoms with Gasteiger partial charge in [0.15, 0.2) is 0 Å². The Hall–Kier alpha value is -0.570. The molecule has 0 spiro atoms. The molecule has 0 aromatic rings. The fourth-order valence-corrected chi connectivity index (χ4v) is 3.39. The van der Waals surface area contributed by atoms with Crippen LogP contribution >= 0.6 is 0 Å². The van der Waals surface area contributed by atoms with E-state index in [2.05, 4.69) is 33.0 Å². The van der Waals surface area contributed by atoms with E-state index in [0.717, 1.165) is 25.2 Å². The van der Waals surface area contributed by atoms with Gasteiger partial charge in [-0.15, -0.1) is 0 Å². The van der Waals surface area contributed by atoms with E-state index in [1.807, 2.05) is 0 Å². The highest BCUT2D eigenvalue weighted by Gasteiger charge is 2.23. The minimum absolute atomic E-state index is 0.0218. The molecule has 0 aliphatic heterocycles. The summed E-state index contributed by atoms with van der Waals surface area (Å²) in [5.74, 6) is 1.02. The van der Waals surface area contributed by atoms with Crippen molar-refractivity contribution in [2.45, 2.75) is 91.1 Å². The average molecular weight is 282 g/mol. The summed E-state index contributed by atoms with van der Waals surface area (Å²) in [6.45, 7) is 8.75. The lowest BCUT2D eigenvalue weighted by molar-refractivity contribution is -0.122. The van der Waals surface area contributed by atoms with Gasteiger partial charge in [0.2, 0.25) is 5.91 Å². The molecular weight excluding hydrogens is 248 g/mol. The average Bonchev–Trinajstić information content (AvgIpc) is 2.29. The second kappa shape index (κ2) is 8.02. The van der Waals surface area contributed by atoms with Crippen LogP contribution in [-0.4, -0.2) is 18.0 Å². The molecule has 0 aromatic carbocycles. The predicted octanol–water partition coefficient (Wildman–Crippen LogP) is 3.62. The van der Waals surface area contributed by atoms with E-state index < -0.39 is 0 Å². The van der Waals surface area contributed by atoms with Gasteiger partial charge < -0.3 is 11.1 Å². The third kappa shape index (κ3) is 7.28. The molecule has 0 saturated heterocycles. The highest BCUT2D eigenvalue weighted by Crippen LogP contribution is 2.28. The second-order valence-electron chi connectivity index (χ2n) is 7.80. The van der Waals surface area contributed by atoms with Crippen LogP contribution in [0.3, 0.4) is 0 Å². The summed E-state index contributed by atoms with van der Waals surface area (Å²) in [5.41, 5.74) is 6.26. The highest BCUT2D eigenvalue weighted by molar-refractivity contribution is 5.76. The third-order valence-corrected chi connectivity index (χ3v) is 4.23. The summed E-state index contributed by atoms with van der Waals surface area (Å²) in [5, 5.41) is 3.18. The van der Waals surface area contributed by atoms with Gasteiger partial charge in [-0.2, -0.15) is 0 Å². The van der Waals surface area contributed by atoms with Crippen molar-refractivity contribution in [1.82, 2.24) is 5.32 Å². The maximum atomic E-state index is 12.0. The van der Waals surface area contributed by atoms with Crippen LogP contribution in [0.1, 0.15) is 79.1 Å². The topological polar surface area (TPSA) is 55.1 Å². The zero-order chi connectivity index (χ0) is 15.2. The normalized spacial score (nSPS) is 25.2. The molecule has 0 heterocycles. The number of nitrogens with one attached hydrogen (secondary N) is 1. The summed E-state index contributed by atoms with van der Waals surface area (Å²) < 4.78 is 0. The van der Waals surface area contributed by atoms with Crippen LogP contribution < -0.4 is 11.1 Å². The Morgan fingerprint density at radius 1 is 1.25 bits per heavy atom. The van der Waals surface area contributed by atoms with Gasteiger partial charge in [0, 0.05) is 18.5 Å². The Morgan fingerprint density at radius 3 is 2.35 bits per heavy atom. The van der Waals surface area contributed by atoms with Crippen LogP contribution in [0.5, 0.6) is 0 Å². The van der Waals surface area contributed by atoms with Crippen molar-refractivity contribution >= 4 is 5.91 Å². The van der Waals surface area contributed by atoms with Crippen molar-refractivity contribution in [2.75, 3.05) is 0 Å². The number of hydrogen-bond acceptors (Lipinski definition) is 2. The molecule has 1 aliphatic carbocycles. The zero-order valence-electron chi connectivity index (χ0n) is 13.9. The molecule has 1 atom stereocenters. The standard InChI is InChI=1S/C17H34N2O/c1-5-6-13-7-9-15(10-8-13)19-16(20)11-14(18)12-17(2,3)4/h13-15H,5-12,18H2,1-4H3,(H,19,20). The molecule has 1 amide bonds.